The predicted molar refractivity (Wildman–Crippen MR) is 112 cm³/mol. The monoisotopic (exact) mass is 409 g/mol. The van der Waals surface area contributed by atoms with Crippen LogP contribution in [0.4, 0.5) is 0 Å². The number of hydrogen-bond acceptors (Lipinski definition) is 5. The van der Waals surface area contributed by atoms with Crippen LogP contribution >= 0.6 is 11.8 Å². The summed E-state index contributed by atoms with van der Waals surface area (Å²) in [6, 6.07) is 17.6. The van der Waals surface area contributed by atoms with Gasteiger partial charge in [0.25, 0.3) is 0 Å². The van der Waals surface area contributed by atoms with Crippen LogP contribution in [-0.4, -0.2) is 43.8 Å². The van der Waals surface area contributed by atoms with E-state index in [1.165, 1.54) is 11.8 Å². The summed E-state index contributed by atoms with van der Waals surface area (Å²) in [7, 11) is 0. The van der Waals surface area contributed by atoms with Gasteiger partial charge in [0.2, 0.25) is 11.8 Å². The number of carbonyl (C=O) groups is 2. The molecule has 2 amide bonds. The first-order valence-corrected chi connectivity index (χ1v) is 10.2. The number of hydrogen-bond donors (Lipinski definition) is 1. The normalized spacial score (nSPS) is 10.7. The van der Waals surface area contributed by atoms with Crippen LogP contribution in [0.1, 0.15) is 17.5 Å². The van der Waals surface area contributed by atoms with Crippen molar-refractivity contribution in [3.05, 3.63) is 72.1 Å². The van der Waals surface area contributed by atoms with Crippen LogP contribution in [0, 0.1) is 6.92 Å². The van der Waals surface area contributed by atoms with Crippen LogP contribution in [0.15, 0.2) is 66.1 Å². The Morgan fingerprint density at radius 1 is 1.10 bits per heavy atom. The van der Waals surface area contributed by atoms with E-state index in [0.717, 1.165) is 16.8 Å². The number of nitrogens with two attached hydrogens (primary N) is 1. The highest BCUT2D eigenvalue weighted by Gasteiger charge is 2.17. The van der Waals surface area contributed by atoms with Crippen LogP contribution in [-0.2, 0) is 16.1 Å². The van der Waals surface area contributed by atoms with Crippen LogP contribution in [0.3, 0.4) is 0 Å². The van der Waals surface area contributed by atoms with E-state index in [0.29, 0.717) is 11.7 Å². The Hall–Kier alpha value is -3.13. The highest BCUT2D eigenvalue weighted by molar-refractivity contribution is 7.99. The van der Waals surface area contributed by atoms with E-state index >= 15 is 0 Å². The van der Waals surface area contributed by atoms with Gasteiger partial charge in [0.15, 0.2) is 5.16 Å². The smallest absolute Gasteiger partial charge is 0.233 e. The summed E-state index contributed by atoms with van der Waals surface area (Å²) in [6.07, 6.45) is 1.77. The number of rotatable bonds is 9. The fourth-order valence-electron chi connectivity index (χ4n) is 2.88. The fraction of sp³-hybridized carbons (Fsp3) is 0.238. The van der Waals surface area contributed by atoms with Gasteiger partial charge in [-0.3, -0.25) is 14.2 Å². The Bertz CT molecular complexity index is 974. The van der Waals surface area contributed by atoms with Crippen molar-refractivity contribution in [1.82, 2.24) is 19.7 Å². The zero-order chi connectivity index (χ0) is 20.6. The maximum absolute atomic E-state index is 12.9. The Balaban J connectivity index is 1.69. The summed E-state index contributed by atoms with van der Waals surface area (Å²) in [4.78, 5) is 25.7. The molecule has 8 heteroatoms. The molecule has 0 aliphatic rings. The van der Waals surface area contributed by atoms with E-state index in [-0.39, 0.29) is 24.6 Å². The number of thioether (sulfide) groups is 1. The number of nitrogens with zero attached hydrogens (tertiary/aromatic N) is 4. The molecule has 0 aliphatic carbocycles. The summed E-state index contributed by atoms with van der Waals surface area (Å²) < 4.78 is 1.87. The lowest BCUT2D eigenvalue weighted by atomic mass is 10.2. The van der Waals surface area contributed by atoms with Crippen molar-refractivity contribution in [3.8, 4) is 5.69 Å². The Kier molecular flexibility index (Phi) is 7.02. The molecule has 0 radical (unpaired) electrons. The molecule has 3 aromatic rings. The van der Waals surface area contributed by atoms with E-state index in [2.05, 4.69) is 10.2 Å². The molecule has 0 saturated heterocycles. The average Bonchev–Trinajstić information content (AvgIpc) is 3.18. The molecule has 0 fully saturated rings. The lowest BCUT2D eigenvalue weighted by Crippen LogP contribution is -2.34. The van der Waals surface area contributed by atoms with Crippen LogP contribution in [0.2, 0.25) is 0 Å². The third-order valence-corrected chi connectivity index (χ3v) is 5.34. The number of amides is 2. The Morgan fingerprint density at radius 3 is 2.55 bits per heavy atom. The minimum Gasteiger partial charge on any atom is -0.370 e. The molecule has 0 spiro atoms. The molecule has 0 saturated carbocycles. The summed E-state index contributed by atoms with van der Waals surface area (Å²) >= 11 is 1.32. The van der Waals surface area contributed by atoms with Crippen molar-refractivity contribution in [2.24, 2.45) is 5.73 Å². The standard InChI is InChI=1S/C21H23N5O2S/c1-16-7-5-6-10-18(16)26-15-23-24-21(26)29-14-20(28)25(12-11-19(22)27)13-17-8-3-2-4-9-17/h2-10,15H,11-14H2,1H3,(H2,22,27). The van der Waals surface area contributed by atoms with E-state index in [9.17, 15) is 9.59 Å². The van der Waals surface area contributed by atoms with Crippen LogP contribution in [0.25, 0.3) is 5.69 Å². The largest absolute Gasteiger partial charge is 0.370 e. The second kappa shape index (κ2) is 9.88. The number of para-hydroxylation sites is 1. The summed E-state index contributed by atoms with van der Waals surface area (Å²) in [5.41, 5.74) is 8.34. The van der Waals surface area contributed by atoms with E-state index in [1.807, 2.05) is 66.1 Å². The van der Waals surface area contributed by atoms with Gasteiger partial charge >= 0.3 is 0 Å². The molecule has 0 bridgehead atoms. The molecule has 0 atom stereocenters. The molecule has 150 valence electrons. The van der Waals surface area contributed by atoms with Gasteiger partial charge in [0.1, 0.15) is 6.33 Å². The van der Waals surface area contributed by atoms with Crippen LogP contribution < -0.4 is 5.73 Å². The molecule has 2 aromatic carbocycles. The van der Waals surface area contributed by atoms with Crippen molar-refractivity contribution in [2.75, 3.05) is 12.3 Å². The van der Waals surface area contributed by atoms with Gasteiger partial charge < -0.3 is 10.6 Å². The zero-order valence-corrected chi connectivity index (χ0v) is 17.0. The van der Waals surface area contributed by atoms with Gasteiger partial charge in [0, 0.05) is 19.5 Å². The van der Waals surface area contributed by atoms with E-state index in [1.54, 1.807) is 11.2 Å². The number of primary amides is 1. The maximum atomic E-state index is 12.9. The van der Waals surface area contributed by atoms with Gasteiger partial charge in [-0.05, 0) is 24.1 Å². The number of aryl methyl sites for hydroxylation is 1. The zero-order valence-electron chi connectivity index (χ0n) is 16.2. The predicted octanol–water partition coefficient (Wildman–Crippen LogP) is 2.57. The molecule has 0 unspecified atom stereocenters. The summed E-state index contributed by atoms with van der Waals surface area (Å²) in [5.74, 6) is -0.321. The van der Waals surface area contributed by atoms with E-state index in [4.69, 9.17) is 5.73 Å². The first-order valence-electron chi connectivity index (χ1n) is 9.23. The van der Waals surface area contributed by atoms with Gasteiger partial charge in [-0.1, -0.05) is 60.3 Å². The minimum atomic E-state index is -0.428. The lowest BCUT2D eigenvalue weighted by Gasteiger charge is -2.22. The third kappa shape index (κ3) is 5.68. The van der Waals surface area contributed by atoms with Gasteiger partial charge in [-0.15, -0.1) is 10.2 Å². The average molecular weight is 410 g/mol. The number of aromatic nitrogens is 3. The van der Waals surface area contributed by atoms with Crippen molar-refractivity contribution >= 4 is 23.6 Å². The summed E-state index contributed by atoms with van der Waals surface area (Å²) in [6.45, 7) is 2.73. The summed E-state index contributed by atoms with van der Waals surface area (Å²) in [5, 5.41) is 8.79. The molecule has 2 N–H and O–H groups in total. The van der Waals surface area contributed by atoms with Crippen molar-refractivity contribution in [1.29, 1.82) is 0 Å². The Labute approximate surface area is 173 Å². The van der Waals surface area contributed by atoms with Crippen molar-refractivity contribution in [3.63, 3.8) is 0 Å². The first kappa shape index (κ1) is 20.6. The molecule has 29 heavy (non-hydrogen) atoms. The Morgan fingerprint density at radius 2 is 1.83 bits per heavy atom. The minimum absolute atomic E-state index is 0.0839. The highest BCUT2D eigenvalue weighted by atomic mass is 32.2. The molecule has 3 rings (SSSR count). The SMILES string of the molecule is Cc1ccccc1-n1cnnc1SCC(=O)N(CCC(N)=O)Cc1ccccc1. The first-order chi connectivity index (χ1) is 14.0. The third-order valence-electron chi connectivity index (χ3n) is 4.41. The number of benzene rings is 2. The molecule has 0 aliphatic heterocycles. The van der Waals surface area contributed by atoms with Crippen molar-refractivity contribution < 1.29 is 9.59 Å². The highest BCUT2D eigenvalue weighted by Crippen LogP contribution is 2.22. The lowest BCUT2D eigenvalue weighted by molar-refractivity contribution is -0.129. The van der Waals surface area contributed by atoms with Gasteiger partial charge in [-0.2, -0.15) is 0 Å². The topological polar surface area (TPSA) is 94.1 Å². The quantitative estimate of drug-likeness (QED) is 0.548. The molecule has 1 heterocycles. The second-order valence-electron chi connectivity index (χ2n) is 6.58. The van der Waals surface area contributed by atoms with Crippen molar-refractivity contribution in [2.45, 2.75) is 25.0 Å². The van der Waals surface area contributed by atoms with E-state index < -0.39 is 5.91 Å². The maximum Gasteiger partial charge on any atom is 0.233 e. The molecule has 7 nitrogen and oxygen atoms in total. The molecule has 1 aromatic heterocycles. The van der Waals surface area contributed by atoms with Gasteiger partial charge in [-0.25, -0.2) is 0 Å². The van der Waals surface area contributed by atoms with Crippen LogP contribution in [0.5, 0.6) is 0 Å². The number of carbonyl (C=O) groups excluding carboxylic acids is 2. The second-order valence-corrected chi connectivity index (χ2v) is 7.52. The fourth-order valence-corrected chi connectivity index (χ4v) is 3.70. The molecular weight excluding hydrogens is 386 g/mol. The molecular formula is C21H23N5O2S. The van der Waals surface area contributed by atoms with Gasteiger partial charge in [0.05, 0.1) is 11.4 Å².